The molecule has 0 radical (unpaired) electrons. The molecule has 2 fully saturated rings. The van der Waals surface area contributed by atoms with Gasteiger partial charge in [-0.3, -0.25) is 0 Å². The maximum Gasteiger partial charge on any atom is 0.167 e. The van der Waals surface area contributed by atoms with Gasteiger partial charge >= 0.3 is 0 Å². The number of aryl methyl sites for hydroxylation is 2. The van der Waals surface area contributed by atoms with Gasteiger partial charge in [-0.05, 0) is 85.8 Å². The predicted octanol–water partition coefficient (Wildman–Crippen LogP) is 10.8. The van der Waals surface area contributed by atoms with Crippen LogP contribution in [0.1, 0.15) is 93.1 Å². The van der Waals surface area contributed by atoms with Crippen LogP contribution in [-0.2, 0) is 17.6 Å². The Labute approximate surface area is 255 Å². The third kappa shape index (κ3) is 6.22. The smallest absolute Gasteiger partial charge is 0.167 e. The molecule has 1 saturated carbocycles. The molecule has 234 valence electrons. The number of hydrogen-bond donors (Lipinski definition) is 0. The van der Waals surface area contributed by atoms with Crippen molar-refractivity contribution < 1.29 is 31.1 Å². The summed E-state index contributed by atoms with van der Waals surface area (Å²) in [5.41, 5.74) is 1.46. The van der Waals surface area contributed by atoms with Crippen molar-refractivity contribution in [3.8, 4) is 11.1 Å². The number of halogens is 6. The summed E-state index contributed by atoms with van der Waals surface area (Å²) in [5, 5.41) is 0. The second-order valence-corrected chi connectivity index (χ2v) is 12.8. The van der Waals surface area contributed by atoms with Gasteiger partial charge in [-0.15, -0.1) is 0 Å². The van der Waals surface area contributed by atoms with Crippen LogP contribution < -0.4 is 0 Å². The lowest BCUT2D eigenvalue weighted by Gasteiger charge is -2.35. The highest BCUT2D eigenvalue weighted by Crippen LogP contribution is 2.43. The first-order chi connectivity index (χ1) is 21.3. The molecule has 0 bridgehead atoms. The predicted molar refractivity (Wildman–Crippen MR) is 160 cm³/mol. The van der Waals surface area contributed by atoms with Crippen LogP contribution in [0.15, 0.2) is 42.5 Å². The quantitative estimate of drug-likeness (QED) is 0.173. The Balaban J connectivity index is 1.02. The number of allylic oxidation sites excluding steroid dienone is 2. The maximum absolute atomic E-state index is 15.1. The molecule has 1 saturated heterocycles. The standard InChI is InChI=1S/C37H38F6O/c1-2-3-25-14-16-28(35(41)32(25)38)29-17-15-26(33(39)36(29)42)9-6-21-4-7-22(8-5-21)23-10-12-24(13-11-23)27-18-19-30(31-20-44-31)37(43)34(27)40/h12,14-19,21-23,31H,2-11,13,20H2,1H3. The van der Waals surface area contributed by atoms with E-state index in [1.54, 1.807) is 12.1 Å². The van der Waals surface area contributed by atoms with E-state index in [1.165, 1.54) is 24.3 Å². The van der Waals surface area contributed by atoms with E-state index in [-0.39, 0.29) is 28.4 Å². The zero-order chi connectivity index (χ0) is 31.0. The van der Waals surface area contributed by atoms with Crippen LogP contribution in [0.25, 0.3) is 16.7 Å². The van der Waals surface area contributed by atoms with E-state index in [1.807, 2.05) is 6.92 Å². The molecule has 0 N–H and O–H groups in total. The van der Waals surface area contributed by atoms with Crippen molar-refractivity contribution in [2.45, 2.75) is 83.7 Å². The van der Waals surface area contributed by atoms with Gasteiger partial charge in [0.15, 0.2) is 34.9 Å². The lowest BCUT2D eigenvalue weighted by molar-refractivity contribution is 0.189. The van der Waals surface area contributed by atoms with Crippen LogP contribution in [0.2, 0.25) is 0 Å². The van der Waals surface area contributed by atoms with E-state index in [0.29, 0.717) is 54.7 Å². The number of hydrogen-bond acceptors (Lipinski definition) is 1. The summed E-state index contributed by atoms with van der Waals surface area (Å²) in [7, 11) is 0. The molecule has 7 heteroatoms. The van der Waals surface area contributed by atoms with Crippen molar-refractivity contribution in [2.75, 3.05) is 6.61 Å². The van der Waals surface area contributed by atoms with Gasteiger partial charge in [-0.25, -0.2) is 26.3 Å². The van der Waals surface area contributed by atoms with Gasteiger partial charge < -0.3 is 4.74 Å². The van der Waals surface area contributed by atoms with Crippen molar-refractivity contribution in [1.29, 1.82) is 0 Å². The van der Waals surface area contributed by atoms with Gasteiger partial charge in [0.25, 0.3) is 0 Å². The summed E-state index contributed by atoms with van der Waals surface area (Å²) in [6, 6.07) is 8.92. The zero-order valence-corrected chi connectivity index (χ0v) is 25.0. The van der Waals surface area contributed by atoms with Crippen LogP contribution >= 0.6 is 0 Å². The van der Waals surface area contributed by atoms with E-state index in [0.717, 1.165) is 56.9 Å². The van der Waals surface area contributed by atoms with Gasteiger partial charge in [0.1, 0.15) is 6.10 Å². The van der Waals surface area contributed by atoms with Crippen LogP contribution in [0, 0.1) is 52.7 Å². The molecule has 1 aliphatic heterocycles. The van der Waals surface area contributed by atoms with Crippen molar-refractivity contribution in [3.05, 3.63) is 99.6 Å². The Morgan fingerprint density at radius 2 is 1.23 bits per heavy atom. The molecule has 3 aliphatic rings. The fourth-order valence-electron chi connectivity index (χ4n) is 7.37. The van der Waals surface area contributed by atoms with Crippen molar-refractivity contribution in [2.24, 2.45) is 17.8 Å². The van der Waals surface area contributed by atoms with E-state index >= 15 is 8.78 Å². The molecule has 2 atom stereocenters. The Kier molecular flexibility index (Phi) is 9.23. The number of ether oxygens (including phenoxy) is 1. The zero-order valence-electron chi connectivity index (χ0n) is 25.0. The molecule has 2 aliphatic carbocycles. The molecule has 3 aromatic carbocycles. The highest BCUT2D eigenvalue weighted by atomic mass is 19.2. The van der Waals surface area contributed by atoms with Crippen LogP contribution in [0.4, 0.5) is 26.3 Å². The van der Waals surface area contributed by atoms with Crippen LogP contribution in [0.3, 0.4) is 0 Å². The average Bonchev–Trinajstić information content (AvgIpc) is 3.88. The van der Waals surface area contributed by atoms with Gasteiger partial charge in [0.05, 0.1) is 6.61 Å². The first-order valence-corrected chi connectivity index (χ1v) is 16.0. The molecule has 0 spiro atoms. The molecule has 0 amide bonds. The molecule has 0 aromatic heterocycles. The van der Waals surface area contributed by atoms with Gasteiger partial charge in [0.2, 0.25) is 0 Å². The molecule has 1 heterocycles. The van der Waals surface area contributed by atoms with E-state index < -0.39 is 34.9 Å². The summed E-state index contributed by atoms with van der Waals surface area (Å²) in [6.07, 6.45) is 10.5. The van der Waals surface area contributed by atoms with Crippen LogP contribution in [0.5, 0.6) is 0 Å². The number of benzene rings is 3. The summed E-state index contributed by atoms with van der Waals surface area (Å²) in [5.74, 6) is -4.40. The minimum absolute atomic E-state index is 0.225. The third-order valence-corrected chi connectivity index (χ3v) is 10.1. The fraction of sp³-hybridized carbons (Fsp3) is 0.459. The highest BCUT2D eigenvalue weighted by molar-refractivity contribution is 5.68. The molecule has 6 rings (SSSR count). The fourth-order valence-corrected chi connectivity index (χ4v) is 7.37. The molecular formula is C37H38F6O. The van der Waals surface area contributed by atoms with E-state index in [4.69, 9.17) is 4.74 Å². The molecular weight excluding hydrogens is 574 g/mol. The highest BCUT2D eigenvalue weighted by Gasteiger charge is 2.32. The van der Waals surface area contributed by atoms with Crippen LogP contribution in [-0.4, -0.2) is 6.61 Å². The topological polar surface area (TPSA) is 12.5 Å². The summed E-state index contributed by atoms with van der Waals surface area (Å²) >= 11 is 0. The minimum Gasteiger partial charge on any atom is -0.368 e. The van der Waals surface area contributed by atoms with Gasteiger partial charge in [0, 0.05) is 22.3 Å². The maximum atomic E-state index is 15.1. The second-order valence-electron chi connectivity index (χ2n) is 12.8. The average molecular weight is 613 g/mol. The minimum atomic E-state index is -1.15. The Morgan fingerprint density at radius 3 is 1.80 bits per heavy atom. The summed E-state index contributed by atoms with van der Waals surface area (Å²) in [4.78, 5) is 0. The monoisotopic (exact) mass is 612 g/mol. The van der Waals surface area contributed by atoms with Crippen molar-refractivity contribution in [1.82, 2.24) is 0 Å². The first kappa shape index (κ1) is 30.9. The second kappa shape index (κ2) is 13.1. The normalized spacial score (nSPS) is 23.5. The van der Waals surface area contributed by atoms with E-state index in [2.05, 4.69) is 6.08 Å². The number of epoxide rings is 1. The molecule has 3 aromatic rings. The van der Waals surface area contributed by atoms with Gasteiger partial charge in [-0.2, -0.15) is 0 Å². The lowest BCUT2D eigenvalue weighted by Crippen LogP contribution is -2.23. The largest absolute Gasteiger partial charge is 0.368 e. The Bertz CT molecular complexity index is 1550. The van der Waals surface area contributed by atoms with Crippen molar-refractivity contribution in [3.63, 3.8) is 0 Å². The molecule has 1 nitrogen and oxygen atoms in total. The summed E-state index contributed by atoms with van der Waals surface area (Å²) in [6.45, 7) is 2.29. The number of rotatable bonds is 9. The summed E-state index contributed by atoms with van der Waals surface area (Å²) < 4.78 is 93.7. The third-order valence-electron chi connectivity index (χ3n) is 10.1. The lowest BCUT2D eigenvalue weighted by atomic mass is 9.70. The Morgan fingerprint density at radius 1 is 0.636 bits per heavy atom. The Hall–Kier alpha value is -3.06. The van der Waals surface area contributed by atoms with Gasteiger partial charge in [-0.1, -0.05) is 68.7 Å². The first-order valence-electron chi connectivity index (χ1n) is 16.0. The molecule has 2 unspecified atom stereocenters. The molecule has 44 heavy (non-hydrogen) atoms. The van der Waals surface area contributed by atoms with E-state index in [9.17, 15) is 17.6 Å². The SMILES string of the molecule is CCCc1ccc(-c2ccc(CCC3CCC(C4CC=C(c5ccc(C6CO6)c(F)c5F)CC4)CC3)c(F)c2F)c(F)c1F. The van der Waals surface area contributed by atoms with Crippen molar-refractivity contribution >= 4 is 5.57 Å².